The van der Waals surface area contributed by atoms with E-state index in [0.29, 0.717) is 0 Å². The number of allylic oxidation sites excluding steroid dienone is 1. The molecule has 12 heavy (non-hydrogen) atoms. The van der Waals surface area contributed by atoms with E-state index in [1.54, 1.807) is 0 Å². The summed E-state index contributed by atoms with van der Waals surface area (Å²) >= 11 is 6.08. The highest BCUT2D eigenvalue weighted by atomic mass is 35.5. The fourth-order valence-electron chi connectivity index (χ4n) is 1.50. The topological polar surface area (TPSA) is 27.8 Å². The fraction of sp³-hybridized carbons (Fsp3) is 0.333. The summed E-state index contributed by atoms with van der Waals surface area (Å²) in [6.07, 6.45) is 2.07. The molecule has 1 aromatic heterocycles. The van der Waals surface area contributed by atoms with Crippen molar-refractivity contribution < 1.29 is 0 Å². The number of H-pyrrole nitrogens is 1. The van der Waals surface area contributed by atoms with E-state index >= 15 is 0 Å². The van der Waals surface area contributed by atoms with Crippen LogP contribution in [0.5, 0.6) is 0 Å². The lowest BCUT2D eigenvalue weighted by molar-refractivity contribution is 0.771. The largest absolute Gasteiger partial charge is 0.369 e. The molecule has 0 spiro atoms. The quantitative estimate of drug-likeness (QED) is 0.469. The SMILES string of the molecule is CC1=Cc2[nH]c(C)cc2C(Cl)N1. The van der Waals surface area contributed by atoms with Gasteiger partial charge in [-0.25, -0.2) is 0 Å². The monoisotopic (exact) mass is 182 g/mol. The molecule has 1 aromatic rings. The number of rotatable bonds is 0. The van der Waals surface area contributed by atoms with Gasteiger partial charge in [0.25, 0.3) is 0 Å². The Bertz CT molecular complexity index is 338. The molecule has 3 heteroatoms. The minimum Gasteiger partial charge on any atom is -0.369 e. The number of nitrogens with one attached hydrogen (secondary N) is 2. The van der Waals surface area contributed by atoms with E-state index in [1.165, 1.54) is 0 Å². The molecule has 0 fully saturated rings. The van der Waals surface area contributed by atoms with Gasteiger partial charge in [-0.2, -0.15) is 0 Å². The van der Waals surface area contributed by atoms with Gasteiger partial charge in [-0.1, -0.05) is 11.6 Å². The average Bonchev–Trinajstić information content (AvgIpc) is 2.29. The number of hydrogen-bond acceptors (Lipinski definition) is 1. The summed E-state index contributed by atoms with van der Waals surface area (Å²) < 4.78 is 0. The molecular weight excluding hydrogens is 172 g/mol. The predicted octanol–water partition coefficient (Wildman–Crippen LogP) is 2.52. The summed E-state index contributed by atoms with van der Waals surface area (Å²) in [6, 6.07) is 2.07. The molecule has 2 nitrogen and oxygen atoms in total. The van der Waals surface area contributed by atoms with Crippen molar-refractivity contribution in [2.24, 2.45) is 0 Å². The van der Waals surface area contributed by atoms with Crippen LogP contribution < -0.4 is 5.32 Å². The first-order valence-corrected chi connectivity index (χ1v) is 4.39. The van der Waals surface area contributed by atoms with E-state index < -0.39 is 0 Å². The lowest BCUT2D eigenvalue weighted by atomic mass is 10.1. The first-order chi connectivity index (χ1) is 5.66. The van der Waals surface area contributed by atoms with Crippen molar-refractivity contribution in [1.82, 2.24) is 10.3 Å². The van der Waals surface area contributed by atoms with E-state index in [9.17, 15) is 0 Å². The molecule has 1 aliphatic heterocycles. The maximum Gasteiger partial charge on any atom is 0.129 e. The first kappa shape index (κ1) is 7.74. The van der Waals surface area contributed by atoms with Crippen molar-refractivity contribution in [2.75, 3.05) is 0 Å². The van der Waals surface area contributed by atoms with Crippen LogP contribution in [0.2, 0.25) is 0 Å². The van der Waals surface area contributed by atoms with Gasteiger partial charge in [0.2, 0.25) is 0 Å². The predicted molar refractivity (Wildman–Crippen MR) is 50.9 cm³/mol. The Balaban J connectivity index is 2.53. The summed E-state index contributed by atoms with van der Waals surface area (Å²) in [5.74, 6) is 0. The van der Waals surface area contributed by atoms with Crippen LogP contribution in [0, 0.1) is 6.92 Å². The summed E-state index contributed by atoms with van der Waals surface area (Å²) in [5.41, 5.74) is 4.43. The van der Waals surface area contributed by atoms with E-state index in [4.69, 9.17) is 11.6 Å². The van der Waals surface area contributed by atoms with E-state index in [-0.39, 0.29) is 5.50 Å². The van der Waals surface area contributed by atoms with Crippen LogP contribution in [0.3, 0.4) is 0 Å². The molecule has 1 aliphatic rings. The molecule has 1 atom stereocenters. The van der Waals surface area contributed by atoms with Crippen molar-refractivity contribution in [3.63, 3.8) is 0 Å². The van der Waals surface area contributed by atoms with Crippen molar-refractivity contribution in [1.29, 1.82) is 0 Å². The Morgan fingerprint density at radius 2 is 2.17 bits per heavy atom. The number of halogens is 1. The van der Waals surface area contributed by atoms with Crippen LogP contribution in [-0.2, 0) is 0 Å². The number of aromatic amines is 1. The lowest BCUT2D eigenvalue weighted by Gasteiger charge is -2.18. The Morgan fingerprint density at radius 1 is 1.42 bits per heavy atom. The summed E-state index contributed by atoms with van der Waals surface area (Å²) in [5, 5.41) is 3.16. The van der Waals surface area contributed by atoms with E-state index in [0.717, 1.165) is 22.6 Å². The fourth-order valence-corrected chi connectivity index (χ4v) is 1.85. The number of aryl methyl sites for hydroxylation is 1. The number of fused-ring (bicyclic) bond motifs is 1. The summed E-state index contributed by atoms with van der Waals surface area (Å²) in [4.78, 5) is 3.26. The van der Waals surface area contributed by atoms with Gasteiger partial charge < -0.3 is 10.3 Å². The molecule has 0 amide bonds. The van der Waals surface area contributed by atoms with Gasteiger partial charge >= 0.3 is 0 Å². The maximum atomic E-state index is 6.08. The van der Waals surface area contributed by atoms with E-state index in [1.807, 2.05) is 13.8 Å². The molecule has 0 aromatic carbocycles. The second-order valence-electron chi connectivity index (χ2n) is 3.16. The molecule has 0 radical (unpaired) electrons. The Hall–Kier alpha value is -0.890. The molecule has 0 saturated carbocycles. The van der Waals surface area contributed by atoms with Gasteiger partial charge in [0.05, 0.1) is 0 Å². The van der Waals surface area contributed by atoms with Crippen LogP contribution in [0.1, 0.15) is 29.4 Å². The smallest absolute Gasteiger partial charge is 0.129 e. The van der Waals surface area contributed by atoms with E-state index in [2.05, 4.69) is 22.4 Å². The van der Waals surface area contributed by atoms with Gasteiger partial charge in [-0.05, 0) is 26.0 Å². The van der Waals surface area contributed by atoms with Crippen LogP contribution >= 0.6 is 11.6 Å². The van der Waals surface area contributed by atoms with Crippen molar-refractivity contribution in [3.8, 4) is 0 Å². The minimum atomic E-state index is -0.0880. The third kappa shape index (κ3) is 1.12. The molecule has 0 saturated heterocycles. The number of alkyl halides is 1. The van der Waals surface area contributed by atoms with Gasteiger partial charge in [0.15, 0.2) is 0 Å². The van der Waals surface area contributed by atoms with Gasteiger partial charge in [0, 0.05) is 22.6 Å². The van der Waals surface area contributed by atoms with Gasteiger partial charge in [-0.15, -0.1) is 0 Å². The summed E-state index contributed by atoms with van der Waals surface area (Å²) in [6.45, 7) is 4.04. The molecule has 1 unspecified atom stereocenters. The Labute approximate surface area is 76.6 Å². The van der Waals surface area contributed by atoms with Crippen LogP contribution in [0.4, 0.5) is 0 Å². The third-order valence-electron chi connectivity index (χ3n) is 2.00. The highest BCUT2D eigenvalue weighted by Gasteiger charge is 2.17. The van der Waals surface area contributed by atoms with Gasteiger partial charge in [0.1, 0.15) is 5.50 Å². The molecule has 0 bridgehead atoms. The first-order valence-electron chi connectivity index (χ1n) is 3.95. The average molecular weight is 183 g/mol. The van der Waals surface area contributed by atoms with Crippen LogP contribution in [-0.4, -0.2) is 4.98 Å². The second kappa shape index (κ2) is 2.56. The van der Waals surface area contributed by atoms with Crippen LogP contribution in [0.15, 0.2) is 11.8 Å². The molecule has 64 valence electrons. The summed E-state index contributed by atoms with van der Waals surface area (Å²) in [7, 11) is 0. The molecular formula is C9H11ClN2. The zero-order chi connectivity index (χ0) is 8.72. The highest BCUT2D eigenvalue weighted by Crippen LogP contribution is 2.28. The lowest BCUT2D eigenvalue weighted by Crippen LogP contribution is -2.18. The van der Waals surface area contributed by atoms with Crippen molar-refractivity contribution >= 4 is 17.7 Å². The minimum absolute atomic E-state index is 0.0880. The third-order valence-corrected chi connectivity index (χ3v) is 2.35. The molecule has 0 aliphatic carbocycles. The van der Waals surface area contributed by atoms with Crippen LogP contribution in [0.25, 0.3) is 6.08 Å². The normalized spacial score (nSPS) is 21.2. The highest BCUT2D eigenvalue weighted by molar-refractivity contribution is 6.21. The Morgan fingerprint density at radius 3 is 2.92 bits per heavy atom. The van der Waals surface area contributed by atoms with Gasteiger partial charge in [-0.3, -0.25) is 0 Å². The molecule has 2 heterocycles. The maximum absolute atomic E-state index is 6.08. The Kier molecular flexibility index (Phi) is 1.65. The molecule has 2 N–H and O–H groups in total. The van der Waals surface area contributed by atoms with Crippen molar-refractivity contribution in [3.05, 3.63) is 28.7 Å². The standard InChI is InChI=1S/C9H11ClN2/c1-5-3-7-8(11-5)4-6(2)12-9(7)10/h3-4,9,11-12H,1-2H3. The zero-order valence-electron chi connectivity index (χ0n) is 7.11. The molecule has 2 rings (SSSR count). The number of hydrogen-bond donors (Lipinski definition) is 2. The zero-order valence-corrected chi connectivity index (χ0v) is 7.87. The second-order valence-corrected chi connectivity index (χ2v) is 3.59. The number of aromatic nitrogens is 1. The van der Waals surface area contributed by atoms with Crippen molar-refractivity contribution in [2.45, 2.75) is 19.3 Å².